The highest BCUT2D eigenvalue weighted by molar-refractivity contribution is 6.01. The molecule has 1 aromatic carbocycles. The Morgan fingerprint density at radius 2 is 1.77 bits per heavy atom. The summed E-state index contributed by atoms with van der Waals surface area (Å²) in [7, 11) is 1.85. The molecule has 3 heterocycles. The van der Waals surface area contributed by atoms with Crippen molar-refractivity contribution in [1.82, 2.24) is 30.2 Å². The first-order valence-corrected chi connectivity index (χ1v) is 15.0. The zero-order chi connectivity index (χ0) is 30.6. The van der Waals surface area contributed by atoms with Crippen molar-refractivity contribution in [2.24, 2.45) is 17.8 Å². The molecule has 232 valence electrons. The number of alkyl halides is 3. The van der Waals surface area contributed by atoms with E-state index < -0.39 is 36.9 Å². The van der Waals surface area contributed by atoms with Crippen LogP contribution < -0.4 is 16.0 Å². The van der Waals surface area contributed by atoms with Crippen LogP contribution >= 0.6 is 0 Å². The van der Waals surface area contributed by atoms with Crippen molar-refractivity contribution < 1.29 is 27.6 Å². The number of hydrogen-bond donors (Lipinski definition) is 3. The minimum atomic E-state index is -4.53. The molecule has 1 saturated heterocycles. The van der Waals surface area contributed by atoms with E-state index in [9.17, 15) is 27.6 Å². The fourth-order valence-electron chi connectivity index (χ4n) is 6.74. The fraction of sp³-hybridized carbons (Fsp3) is 0.600. The van der Waals surface area contributed by atoms with E-state index in [-0.39, 0.29) is 23.8 Å². The summed E-state index contributed by atoms with van der Waals surface area (Å²) < 4.78 is 41.7. The van der Waals surface area contributed by atoms with E-state index in [0.717, 1.165) is 36.8 Å². The zero-order valence-corrected chi connectivity index (χ0v) is 24.5. The number of amides is 4. The molecule has 2 aromatic rings. The normalized spacial score (nSPS) is 23.3. The Balaban J connectivity index is 1.23. The lowest BCUT2D eigenvalue weighted by Gasteiger charge is -2.37. The van der Waals surface area contributed by atoms with Gasteiger partial charge in [0.1, 0.15) is 17.8 Å². The summed E-state index contributed by atoms with van der Waals surface area (Å²) in [5, 5.41) is 12.4. The third-order valence-electron chi connectivity index (χ3n) is 9.08. The molecule has 4 amide bonds. The number of aromatic nitrogens is 2. The number of nitrogens with zero attached hydrogens (tertiary/aromatic N) is 4. The molecule has 4 aliphatic rings. The lowest BCUT2D eigenvalue weighted by Crippen LogP contribution is -2.50. The second kappa shape index (κ2) is 11.1. The van der Waals surface area contributed by atoms with Gasteiger partial charge < -0.3 is 20.9 Å². The van der Waals surface area contributed by atoms with Gasteiger partial charge in [0.15, 0.2) is 0 Å². The highest BCUT2D eigenvalue weighted by atomic mass is 19.4. The molecule has 3 atom stereocenters. The zero-order valence-electron chi connectivity index (χ0n) is 24.5. The number of carbonyl (C=O) groups is 3. The van der Waals surface area contributed by atoms with E-state index >= 15 is 0 Å². The van der Waals surface area contributed by atoms with E-state index in [1.807, 2.05) is 31.9 Å². The Bertz CT molecular complexity index is 1390. The Morgan fingerprint density at radius 1 is 1.07 bits per heavy atom. The van der Waals surface area contributed by atoms with E-state index in [0.29, 0.717) is 36.3 Å². The summed E-state index contributed by atoms with van der Waals surface area (Å²) >= 11 is 0. The molecule has 10 nitrogen and oxygen atoms in total. The Morgan fingerprint density at radius 3 is 2.37 bits per heavy atom. The monoisotopic (exact) mass is 601 g/mol. The Labute approximate surface area is 248 Å². The average molecular weight is 602 g/mol. The number of rotatable bonds is 9. The van der Waals surface area contributed by atoms with Crippen molar-refractivity contribution in [3.8, 4) is 0 Å². The van der Waals surface area contributed by atoms with Gasteiger partial charge in [-0.2, -0.15) is 18.3 Å². The molecule has 3 N–H and O–H groups in total. The SMILES string of the molecule is CC(C)n1nccc1C(=O)N[C@H](C(=O)Nc1ccc2c(c1)CN(C)CC2N1C[C@@H](C(F)(F)F)NC1=O)C(C1CC1)C1CC1. The van der Waals surface area contributed by atoms with Crippen LogP contribution in [-0.2, 0) is 11.3 Å². The molecule has 0 radical (unpaired) electrons. The second-order valence-corrected chi connectivity index (χ2v) is 12.8. The van der Waals surface area contributed by atoms with E-state index in [4.69, 9.17) is 0 Å². The Hall–Kier alpha value is -3.61. The van der Waals surface area contributed by atoms with Gasteiger partial charge in [0.25, 0.3) is 5.91 Å². The molecule has 3 fully saturated rings. The predicted molar refractivity (Wildman–Crippen MR) is 152 cm³/mol. The predicted octanol–water partition coefficient (Wildman–Crippen LogP) is 4.08. The lowest BCUT2D eigenvalue weighted by molar-refractivity contribution is -0.150. The number of hydrogen-bond acceptors (Lipinski definition) is 5. The summed E-state index contributed by atoms with van der Waals surface area (Å²) in [6.45, 7) is 4.32. The molecule has 1 unspecified atom stereocenters. The van der Waals surface area contributed by atoms with Crippen LogP contribution in [0, 0.1) is 17.8 Å². The number of halogens is 3. The third-order valence-corrected chi connectivity index (χ3v) is 9.08. The van der Waals surface area contributed by atoms with Gasteiger partial charge in [-0.15, -0.1) is 0 Å². The molecule has 6 rings (SSSR count). The number of nitrogens with one attached hydrogen (secondary N) is 3. The van der Waals surface area contributed by atoms with Crippen LogP contribution in [0.4, 0.5) is 23.7 Å². The number of anilines is 1. The summed E-state index contributed by atoms with van der Waals surface area (Å²) in [6.07, 6.45) is 1.21. The maximum Gasteiger partial charge on any atom is 0.410 e. The smallest absolute Gasteiger partial charge is 0.339 e. The molecule has 13 heteroatoms. The maximum atomic E-state index is 13.9. The number of fused-ring (bicyclic) bond motifs is 1. The topological polar surface area (TPSA) is 112 Å². The third kappa shape index (κ3) is 6.09. The molecule has 43 heavy (non-hydrogen) atoms. The minimum absolute atomic E-state index is 0.0193. The highest BCUT2D eigenvalue weighted by Crippen LogP contribution is 2.51. The molecule has 2 aliphatic heterocycles. The second-order valence-electron chi connectivity index (χ2n) is 12.8. The molecule has 0 bridgehead atoms. The van der Waals surface area contributed by atoms with Crippen molar-refractivity contribution in [3.63, 3.8) is 0 Å². The number of benzene rings is 1. The first kappa shape index (κ1) is 29.5. The van der Waals surface area contributed by atoms with Crippen molar-refractivity contribution in [2.75, 3.05) is 25.5 Å². The molecular formula is C30H38F3N7O3. The van der Waals surface area contributed by atoms with Gasteiger partial charge in [-0.05, 0) is 93.7 Å². The summed E-state index contributed by atoms with van der Waals surface area (Å²) in [4.78, 5) is 43.1. The number of urea groups is 1. The van der Waals surface area contributed by atoms with Crippen molar-refractivity contribution in [3.05, 3.63) is 47.3 Å². The Kier molecular flexibility index (Phi) is 7.64. The fourth-order valence-corrected chi connectivity index (χ4v) is 6.74. The van der Waals surface area contributed by atoms with Crippen LogP contribution in [0.2, 0.25) is 0 Å². The average Bonchev–Trinajstić information content (AvgIpc) is 3.86. The molecule has 2 saturated carbocycles. The molecule has 2 aliphatic carbocycles. The maximum absolute atomic E-state index is 13.9. The van der Waals surface area contributed by atoms with Crippen molar-refractivity contribution in [1.29, 1.82) is 0 Å². The minimum Gasteiger partial charge on any atom is -0.339 e. The van der Waals surface area contributed by atoms with Gasteiger partial charge in [0.05, 0.1) is 12.6 Å². The lowest BCUT2D eigenvalue weighted by atomic mass is 9.88. The van der Waals surface area contributed by atoms with Crippen molar-refractivity contribution >= 4 is 23.5 Å². The van der Waals surface area contributed by atoms with E-state index in [2.05, 4.69) is 21.0 Å². The number of likely N-dealkylation sites (N-methyl/N-ethyl adjacent to an activating group) is 1. The first-order valence-electron chi connectivity index (χ1n) is 15.0. The van der Waals surface area contributed by atoms with Crippen LogP contribution in [0.3, 0.4) is 0 Å². The summed E-state index contributed by atoms with van der Waals surface area (Å²) in [6, 6.07) is 3.03. The van der Waals surface area contributed by atoms with Gasteiger partial charge in [-0.3, -0.25) is 19.2 Å². The molecular weight excluding hydrogens is 563 g/mol. The highest BCUT2D eigenvalue weighted by Gasteiger charge is 2.50. The first-order chi connectivity index (χ1) is 20.4. The van der Waals surface area contributed by atoms with Gasteiger partial charge >= 0.3 is 12.2 Å². The summed E-state index contributed by atoms with van der Waals surface area (Å²) in [5.41, 5.74) is 2.52. The van der Waals surface area contributed by atoms with Crippen LogP contribution in [0.5, 0.6) is 0 Å². The van der Waals surface area contributed by atoms with Crippen LogP contribution in [-0.4, -0.2) is 75.8 Å². The molecule has 1 aromatic heterocycles. The van der Waals surface area contributed by atoms with Gasteiger partial charge in [-0.25, -0.2) is 4.79 Å². The van der Waals surface area contributed by atoms with Gasteiger partial charge in [0, 0.05) is 31.0 Å². The van der Waals surface area contributed by atoms with E-state index in [1.54, 1.807) is 29.1 Å². The standard InChI is InChI=1S/C30H38F3N7O3/c1-16(2)40-22(10-11-34-40)27(41)37-26(25(17-4-5-17)18-6-7-18)28(42)35-20-8-9-21-19(12-20)13-38(3)14-23(21)39-15-24(30(31,32)33)36-29(39)43/h8-12,16-18,23-26H,4-7,13-15H2,1-3H3,(H,35,42)(H,36,43)(H,37,41)/t23?,24-,26-/m0/s1. The van der Waals surface area contributed by atoms with Gasteiger partial charge in [0.2, 0.25) is 5.91 Å². The van der Waals surface area contributed by atoms with Gasteiger partial charge in [-0.1, -0.05) is 6.07 Å². The van der Waals surface area contributed by atoms with Crippen LogP contribution in [0.25, 0.3) is 0 Å². The molecule has 0 spiro atoms. The van der Waals surface area contributed by atoms with Crippen LogP contribution in [0.15, 0.2) is 30.5 Å². The van der Waals surface area contributed by atoms with E-state index in [1.165, 1.54) is 4.90 Å². The van der Waals surface area contributed by atoms with Crippen molar-refractivity contribution in [2.45, 2.75) is 76.4 Å². The quantitative estimate of drug-likeness (QED) is 0.401. The number of carbonyl (C=O) groups excluding carboxylic acids is 3. The summed E-state index contributed by atoms with van der Waals surface area (Å²) in [5.74, 6) is 0.198. The largest absolute Gasteiger partial charge is 0.410 e. The van der Waals surface area contributed by atoms with Crippen LogP contribution in [0.1, 0.15) is 73.2 Å².